The van der Waals surface area contributed by atoms with Gasteiger partial charge < -0.3 is 15.2 Å². The fraction of sp³-hybridized carbons (Fsp3) is 0.231. The van der Waals surface area contributed by atoms with Gasteiger partial charge in [0.1, 0.15) is 13.2 Å². The number of carbonyl (C=O) groups is 4. The van der Waals surface area contributed by atoms with Gasteiger partial charge in [0.05, 0.1) is 11.1 Å². The lowest BCUT2D eigenvalue weighted by Gasteiger charge is -2.06. The molecule has 1 aliphatic heterocycles. The number of benzene rings is 1. The molecule has 110 valence electrons. The first-order valence-corrected chi connectivity index (χ1v) is 5.96. The highest BCUT2D eigenvalue weighted by atomic mass is 16.5. The summed E-state index contributed by atoms with van der Waals surface area (Å²) in [5.41, 5.74) is 0.823. The Hall–Kier alpha value is -2.74. The third-order valence-electron chi connectivity index (χ3n) is 2.83. The molecule has 1 aromatic carbocycles. The number of fused-ring (bicyclic) bond motifs is 1. The molecule has 0 aromatic heterocycles. The van der Waals surface area contributed by atoms with Crippen LogP contribution in [0.4, 0.5) is 5.69 Å². The van der Waals surface area contributed by atoms with Crippen molar-refractivity contribution < 1.29 is 29.0 Å². The van der Waals surface area contributed by atoms with Crippen LogP contribution in [0.1, 0.15) is 20.7 Å². The maximum absolute atomic E-state index is 11.8. The Morgan fingerprint density at radius 1 is 1.19 bits per heavy atom. The van der Waals surface area contributed by atoms with E-state index in [0.717, 1.165) is 4.90 Å². The lowest BCUT2D eigenvalue weighted by Crippen LogP contribution is -2.24. The molecule has 0 saturated carbocycles. The number of carbonyl (C=O) groups excluding carboxylic acids is 3. The lowest BCUT2D eigenvalue weighted by atomic mass is 10.1. The molecule has 8 heteroatoms. The van der Waals surface area contributed by atoms with Crippen molar-refractivity contribution in [2.75, 3.05) is 25.6 Å². The Bertz CT molecular complexity index is 640. The second kappa shape index (κ2) is 5.71. The predicted molar refractivity (Wildman–Crippen MR) is 70.0 cm³/mol. The molecule has 1 heterocycles. The number of anilines is 1. The number of carboxylic acids is 1. The summed E-state index contributed by atoms with van der Waals surface area (Å²) in [5.74, 6) is -2.56. The van der Waals surface area contributed by atoms with E-state index < -0.39 is 36.9 Å². The summed E-state index contributed by atoms with van der Waals surface area (Å²) >= 11 is 0. The van der Waals surface area contributed by atoms with Crippen LogP contribution < -0.4 is 5.32 Å². The van der Waals surface area contributed by atoms with Crippen molar-refractivity contribution in [3.8, 4) is 0 Å². The fourth-order valence-corrected chi connectivity index (χ4v) is 1.87. The van der Waals surface area contributed by atoms with Crippen molar-refractivity contribution in [2.45, 2.75) is 0 Å². The van der Waals surface area contributed by atoms with Gasteiger partial charge in [-0.25, -0.2) is 4.79 Å². The number of hydrogen-bond donors (Lipinski definition) is 2. The van der Waals surface area contributed by atoms with E-state index in [-0.39, 0.29) is 11.1 Å². The molecule has 0 radical (unpaired) electrons. The standard InChI is InChI=1S/C13H12N2O6/c1-15-12(19)8-3-2-7(4-9(8)13(15)20)14-10(16)5-21-6-11(17)18/h2-4H,5-6H2,1H3,(H,14,16)(H,17,18). The molecule has 1 aliphatic rings. The molecule has 3 amide bonds. The van der Waals surface area contributed by atoms with Crippen LogP contribution in [0.25, 0.3) is 0 Å². The van der Waals surface area contributed by atoms with E-state index >= 15 is 0 Å². The molecular formula is C13H12N2O6. The normalized spacial score (nSPS) is 13.3. The van der Waals surface area contributed by atoms with Crippen molar-refractivity contribution in [1.29, 1.82) is 0 Å². The fourth-order valence-electron chi connectivity index (χ4n) is 1.87. The van der Waals surface area contributed by atoms with Crippen molar-refractivity contribution in [2.24, 2.45) is 0 Å². The molecule has 21 heavy (non-hydrogen) atoms. The van der Waals surface area contributed by atoms with Gasteiger partial charge in [0, 0.05) is 12.7 Å². The van der Waals surface area contributed by atoms with Gasteiger partial charge in [-0.1, -0.05) is 0 Å². The number of hydrogen-bond acceptors (Lipinski definition) is 5. The summed E-state index contributed by atoms with van der Waals surface area (Å²) in [6, 6.07) is 4.33. The van der Waals surface area contributed by atoms with Crippen LogP contribution in [-0.2, 0) is 14.3 Å². The predicted octanol–water partition coefficient (Wildman–Crippen LogP) is -0.0479. The number of imide groups is 1. The van der Waals surface area contributed by atoms with Crippen molar-refractivity contribution in [1.82, 2.24) is 4.90 Å². The second-order valence-corrected chi connectivity index (χ2v) is 4.36. The summed E-state index contributed by atoms with van der Waals surface area (Å²) in [7, 11) is 1.38. The quantitative estimate of drug-likeness (QED) is 0.736. The maximum Gasteiger partial charge on any atom is 0.329 e. The van der Waals surface area contributed by atoms with Crippen LogP contribution in [0.15, 0.2) is 18.2 Å². The first-order chi connectivity index (χ1) is 9.90. The number of nitrogens with zero attached hydrogens (tertiary/aromatic N) is 1. The largest absolute Gasteiger partial charge is 0.480 e. The van der Waals surface area contributed by atoms with Gasteiger partial charge in [-0.05, 0) is 18.2 Å². The first-order valence-electron chi connectivity index (χ1n) is 5.96. The summed E-state index contributed by atoms with van der Waals surface area (Å²) < 4.78 is 4.64. The van der Waals surface area contributed by atoms with Gasteiger partial charge in [-0.15, -0.1) is 0 Å². The van der Waals surface area contributed by atoms with Gasteiger partial charge >= 0.3 is 5.97 Å². The topological polar surface area (TPSA) is 113 Å². The van der Waals surface area contributed by atoms with E-state index in [1.54, 1.807) is 0 Å². The molecule has 0 atom stereocenters. The Balaban J connectivity index is 2.04. The average molecular weight is 292 g/mol. The van der Waals surface area contributed by atoms with Crippen LogP contribution in [-0.4, -0.2) is 54.0 Å². The van der Waals surface area contributed by atoms with Gasteiger partial charge in [0.15, 0.2) is 0 Å². The number of rotatable bonds is 5. The summed E-state index contributed by atoms with van der Waals surface area (Å²) in [6.07, 6.45) is 0. The zero-order valence-corrected chi connectivity index (χ0v) is 11.1. The number of nitrogens with one attached hydrogen (secondary N) is 1. The highest BCUT2D eigenvalue weighted by Crippen LogP contribution is 2.24. The smallest absolute Gasteiger partial charge is 0.329 e. The molecule has 0 aliphatic carbocycles. The molecule has 0 fully saturated rings. The zero-order chi connectivity index (χ0) is 15.6. The van der Waals surface area contributed by atoms with E-state index in [0.29, 0.717) is 5.69 Å². The van der Waals surface area contributed by atoms with Crippen LogP contribution in [0.2, 0.25) is 0 Å². The highest BCUT2D eigenvalue weighted by molar-refractivity contribution is 6.21. The molecule has 2 N–H and O–H groups in total. The summed E-state index contributed by atoms with van der Waals surface area (Å²) in [6.45, 7) is -0.994. The summed E-state index contributed by atoms with van der Waals surface area (Å²) in [4.78, 5) is 46.2. The van der Waals surface area contributed by atoms with E-state index in [4.69, 9.17) is 5.11 Å². The number of amides is 3. The average Bonchev–Trinajstić information content (AvgIpc) is 2.63. The van der Waals surface area contributed by atoms with Gasteiger partial charge in [0.25, 0.3) is 11.8 Å². The number of ether oxygens (including phenoxy) is 1. The van der Waals surface area contributed by atoms with E-state index in [9.17, 15) is 19.2 Å². The first kappa shape index (κ1) is 14.7. The Morgan fingerprint density at radius 3 is 2.52 bits per heavy atom. The molecule has 0 saturated heterocycles. The molecule has 2 rings (SSSR count). The van der Waals surface area contributed by atoms with E-state index in [1.807, 2.05) is 0 Å². The third-order valence-corrected chi connectivity index (χ3v) is 2.83. The van der Waals surface area contributed by atoms with Crippen molar-refractivity contribution in [3.63, 3.8) is 0 Å². The van der Waals surface area contributed by atoms with Crippen LogP contribution in [0.5, 0.6) is 0 Å². The SMILES string of the molecule is CN1C(=O)c2ccc(NC(=O)COCC(=O)O)cc2C1=O. The van der Waals surface area contributed by atoms with Crippen molar-refractivity contribution in [3.05, 3.63) is 29.3 Å². The van der Waals surface area contributed by atoms with Gasteiger partial charge in [-0.2, -0.15) is 0 Å². The molecule has 0 bridgehead atoms. The van der Waals surface area contributed by atoms with E-state index in [1.165, 1.54) is 25.2 Å². The third kappa shape index (κ3) is 3.06. The molecular weight excluding hydrogens is 280 g/mol. The summed E-state index contributed by atoms with van der Waals surface area (Å²) in [5, 5.41) is 10.8. The Labute approximate surface area is 119 Å². The number of aliphatic carboxylic acids is 1. The minimum Gasteiger partial charge on any atom is -0.480 e. The van der Waals surface area contributed by atoms with Crippen LogP contribution >= 0.6 is 0 Å². The molecule has 8 nitrogen and oxygen atoms in total. The zero-order valence-electron chi connectivity index (χ0n) is 11.1. The lowest BCUT2D eigenvalue weighted by molar-refractivity contribution is -0.143. The van der Waals surface area contributed by atoms with Crippen LogP contribution in [0, 0.1) is 0 Å². The van der Waals surface area contributed by atoms with E-state index in [2.05, 4.69) is 10.1 Å². The van der Waals surface area contributed by atoms with Gasteiger partial charge in [-0.3, -0.25) is 19.3 Å². The maximum atomic E-state index is 11.8. The molecule has 0 unspecified atom stereocenters. The van der Waals surface area contributed by atoms with Crippen molar-refractivity contribution >= 4 is 29.4 Å². The highest BCUT2D eigenvalue weighted by Gasteiger charge is 2.32. The monoisotopic (exact) mass is 292 g/mol. The second-order valence-electron chi connectivity index (χ2n) is 4.36. The minimum atomic E-state index is -1.17. The Morgan fingerprint density at radius 2 is 1.86 bits per heavy atom. The Kier molecular flexibility index (Phi) is 3.99. The number of carboxylic acid groups (broad SMARTS) is 1. The molecule has 1 aromatic rings. The molecule has 0 spiro atoms. The van der Waals surface area contributed by atoms with Gasteiger partial charge in [0.2, 0.25) is 5.91 Å². The minimum absolute atomic E-state index is 0.215. The van der Waals surface area contributed by atoms with Crippen LogP contribution in [0.3, 0.4) is 0 Å².